The molecule has 0 aromatic rings. The number of hydrogen-bond donors (Lipinski definition) is 1. The molecule has 0 radical (unpaired) electrons. The van der Waals surface area contributed by atoms with Crippen molar-refractivity contribution in [3.63, 3.8) is 0 Å². The second-order valence-electron chi connectivity index (χ2n) is 2.95. The van der Waals surface area contributed by atoms with Crippen LogP contribution in [0, 0.1) is 5.92 Å². The average Bonchev–Trinajstić information content (AvgIpc) is 2.78. The van der Waals surface area contributed by atoms with Gasteiger partial charge in [0.1, 0.15) is 0 Å². The van der Waals surface area contributed by atoms with Gasteiger partial charge in [0.15, 0.2) is 0 Å². The van der Waals surface area contributed by atoms with Crippen molar-refractivity contribution in [3.8, 4) is 0 Å². The van der Waals surface area contributed by atoms with Crippen LogP contribution in [0.4, 0.5) is 0 Å². The lowest BCUT2D eigenvalue weighted by Crippen LogP contribution is -2.19. The standard InChI is InChI=1S/C8H13Cl2N/c1-2-6-3-8(6)11-5-7(10)4-9/h4,6,8,11H,2-3,5H2,1H3. The lowest BCUT2D eigenvalue weighted by atomic mass is 10.3. The van der Waals surface area contributed by atoms with E-state index in [4.69, 9.17) is 23.2 Å². The van der Waals surface area contributed by atoms with Crippen LogP contribution in [0.3, 0.4) is 0 Å². The SMILES string of the molecule is CCC1CC1NCC(Cl)=CCl. The topological polar surface area (TPSA) is 12.0 Å². The summed E-state index contributed by atoms with van der Waals surface area (Å²) in [5.74, 6) is 0.870. The van der Waals surface area contributed by atoms with Gasteiger partial charge < -0.3 is 5.32 Å². The first-order valence-corrected chi connectivity index (χ1v) is 4.77. The van der Waals surface area contributed by atoms with Crippen LogP contribution < -0.4 is 5.32 Å². The smallest absolute Gasteiger partial charge is 0.0432 e. The fourth-order valence-electron chi connectivity index (χ4n) is 1.22. The van der Waals surface area contributed by atoms with E-state index < -0.39 is 0 Å². The van der Waals surface area contributed by atoms with E-state index in [0.717, 1.165) is 5.92 Å². The summed E-state index contributed by atoms with van der Waals surface area (Å²) in [7, 11) is 0. The molecule has 0 heterocycles. The summed E-state index contributed by atoms with van der Waals surface area (Å²) in [5, 5.41) is 4.01. The van der Waals surface area contributed by atoms with E-state index in [1.54, 1.807) is 0 Å². The Morgan fingerprint density at radius 1 is 1.73 bits per heavy atom. The largest absolute Gasteiger partial charge is 0.309 e. The van der Waals surface area contributed by atoms with Crippen molar-refractivity contribution in [2.75, 3.05) is 6.54 Å². The van der Waals surface area contributed by atoms with E-state index in [1.807, 2.05) is 0 Å². The van der Waals surface area contributed by atoms with Crippen molar-refractivity contribution in [2.24, 2.45) is 5.92 Å². The van der Waals surface area contributed by atoms with Crippen LogP contribution in [0.1, 0.15) is 19.8 Å². The van der Waals surface area contributed by atoms with Gasteiger partial charge in [0.05, 0.1) is 0 Å². The second kappa shape index (κ2) is 4.34. The maximum absolute atomic E-state index is 5.69. The molecule has 3 heteroatoms. The Kier molecular flexibility index (Phi) is 3.70. The number of hydrogen-bond acceptors (Lipinski definition) is 1. The molecule has 1 aliphatic rings. The molecule has 0 amide bonds. The monoisotopic (exact) mass is 193 g/mol. The van der Waals surface area contributed by atoms with E-state index in [0.29, 0.717) is 17.6 Å². The molecule has 2 atom stereocenters. The fourth-order valence-corrected chi connectivity index (χ4v) is 1.37. The Morgan fingerprint density at radius 2 is 2.45 bits per heavy atom. The van der Waals surface area contributed by atoms with E-state index in [1.165, 1.54) is 18.4 Å². The van der Waals surface area contributed by atoms with Crippen molar-refractivity contribution >= 4 is 23.2 Å². The van der Waals surface area contributed by atoms with Crippen molar-refractivity contribution < 1.29 is 0 Å². The number of halogens is 2. The quantitative estimate of drug-likeness (QED) is 0.725. The van der Waals surface area contributed by atoms with Gasteiger partial charge in [0.2, 0.25) is 0 Å². The Morgan fingerprint density at radius 3 is 2.91 bits per heavy atom. The van der Waals surface area contributed by atoms with Gasteiger partial charge in [-0.15, -0.1) is 0 Å². The molecule has 0 aromatic carbocycles. The zero-order valence-corrected chi connectivity index (χ0v) is 8.12. The van der Waals surface area contributed by atoms with Crippen molar-refractivity contribution in [2.45, 2.75) is 25.8 Å². The fraction of sp³-hybridized carbons (Fsp3) is 0.750. The predicted octanol–water partition coefficient (Wildman–Crippen LogP) is 2.69. The third-order valence-electron chi connectivity index (χ3n) is 2.10. The minimum atomic E-state index is 0.686. The zero-order valence-electron chi connectivity index (χ0n) is 6.61. The van der Waals surface area contributed by atoms with Gasteiger partial charge in [-0.25, -0.2) is 0 Å². The lowest BCUT2D eigenvalue weighted by molar-refractivity contribution is 0.658. The van der Waals surface area contributed by atoms with Gasteiger partial charge in [0, 0.05) is 23.2 Å². The molecule has 1 aliphatic carbocycles. The molecule has 2 unspecified atom stereocenters. The molecule has 1 fully saturated rings. The highest BCUT2D eigenvalue weighted by Crippen LogP contribution is 2.33. The summed E-state index contributed by atoms with van der Waals surface area (Å²) in [4.78, 5) is 0. The van der Waals surface area contributed by atoms with Crippen LogP contribution in [0.5, 0.6) is 0 Å². The van der Waals surface area contributed by atoms with Crippen LogP contribution >= 0.6 is 23.2 Å². The minimum Gasteiger partial charge on any atom is -0.309 e. The molecule has 1 saturated carbocycles. The predicted molar refractivity (Wildman–Crippen MR) is 50.0 cm³/mol. The molecule has 1 nitrogen and oxygen atoms in total. The van der Waals surface area contributed by atoms with Gasteiger partial charge in [0.25, 0.3) is 0 Å². The molecule has 0 saturated heterocycles. The highest BCUT2D eigenvalue weighted by Gasteiger charge is 2.34. The molecule has 64 valence electrons. The molecule has 11 heavy (non-hydrogen) atoms. The molecule has 0 aromatic heterocycles. The third-order valence-corrected chi connectivity index (χ3v) is 2.72. The van der Waals surface area contributed by atoms with E-state index in [2.05, 4.69) is 12.2 Å². The summed E-state index contributed by atoms with van der Waals surface area (Å²) in [6.07, 6.45) is 2.56. The molecule has 1 rings (SSSR count). The first kappa shape index (κ1) is 9.37. The van der Waals surface area contributed by atoms with Crippen LogP contribution in [0.25, 0.3) is 0 Å². The van der Waals surface area contributed by atoms with Gasteiger partial charge in [-0.2, -0.15) is 0 Å². The van der Waals surface area contributed by atoms with Gasteiger partial charge >= 0.3 is 0 Å². The Hall–Kier alpha value is 0.280. The van der Waals surface area contributed by atoms with Crippen LogP contribution in [-0.2, 0) is 0 Å². The van der Waals surface area contributed by atoms with E-state index in [-0.39, 0.29) is 0 Å². The van der Waals surface area contributed by atoms with Crippen LogP contribution in [0.2, 0.25) is 0 Å². The highest BCUT2D eigenvalue weighted by molar-refractivity contribution is 6.36. The summed E-state index contributed by atoms with van der Waals surface area (Å²) >= 11 is 11.1. The lowest BCUT2D eigenvalue weighted by Gasteiger charge is -2.00. The molecule has 0 bridgehead atoms. The van der Waals surface area contributed by atoms with Crippen LogP contribution in [0.15, 0.2) is 10.6 Å². The van der Waals surface area contributed by atoms with Gasteiger partial charge in [-0.3, -0.25) is 0 Å². The van der Waals surface area contributed by atoms with Gasteiger partial charge in [-0.05, 0) is 12.3 Å². The van der Waals surface area contributed by atoms with Crippen molar-refractivity contribution in [1.82, 2.24) is 5.32 Å². The third kappa shape index (κ3) is 3.02. The van der Waals surface area contributed by atoms with Crippen LogP contribution in [-0.4, -0.2) is 12.6 Å². The Balaban J connectivity index is 2.06. The maximum Gasteiger partial charge on any atom is 0.0432 e. The average molecular weight is 194 g/mol. The number of rotatable bonds is 4. The van der Waals surface area contributed by atoms with Gasteiger partial charge in [-0.1, -0.05) is 36.5 Å². The summed E-state index contributed by atoms with van der Waals surface area (Å²) in [6.45, 7) is 2.93. The first-order valence-electron chi connectivity index (χ1n) is 3.96. The zero-order chi connectivity index (χ0) is 8.27. The summed E-state index contributed by atoms with van der Waals surface area (Å²) in [5.41, 5.74) is 1.41. The molecular formula is C8H13Cl2N. The van der Waals surface area contributed by atoms with E-state index >= 15 is 0 Å². The second-order valence-corrected chi connectivity index (χ2v) is 3.65. The highest BCUT2D eigenvalue weighted by atomic mass is 35.5. The van der Waals surface area contributed by atoms with Crippen molar-refractivity contribution in [1.29, 1.82) is 0 Å². The first-order chi connectivity index (χ1) is 5.27. The van der Waals surface area contributed by atoms with E-state index in [9.17, 15) is 0 Å². The molecule has 1 N–H and O–H groups in total. The van der Waals surface area contributed by atoms with Crippen molar-refractivity contribution in [3.05, 3.63) is 10.6 Å². The molecular weight excluding hydrogens is 181 g/mol. The number of nitrogens with one attached hydrogen (secondary N) is 1. The summed E-state index contributed by atoms with van der Waals surface area (Å²) < 4.78 is 0. The maximum atomic E-state index is 5.69. The summed E-state index contributed by atoms with van der Waals surface area (Å²) in [6, 6.07) is 0.686. The Bertz CT molecular complexity index is 156. The molecule has 0 spiro atoms. The normalized spacial score (nSPS) is 30.6. The molecule has 0 aliphatic heterocycles. The minimum absolute atomic E-state index is 0.686. The Labute approximate surface area is 77.8 Å².